The van der Waals surface area contributed by atoms with Gasteiger partial charge in [-0.1, -0.05) is 18.9 Å². The molecule has 15 heavy (non-hydrogen) atoms. The molecular formula is C13H17FO. The molecule has 1 aromatic carbocycles. The topological polar surface area (TPSA) is 20.2 Å². The minimum atomic E-state index is -0.500. The Labute approximate surface area is 89.9 Å². The van der Waals surface area contributed by atoms with Crippen LogP contribution in [0.1, 0.15) is 42.9 Å². The monoisotopic (exact) mass is 208 g/mol. The molecule has 0 amide bonds. The van der Waals surface area contributed by atoms with E-state index in [2.05, 4.69) is 0 Å². The second-order valence-electron chi connectivity index (χ2n) is 4.60. The maximum absolute atomic E-state index is 13.1. The number of hydrogen-bond acceptors (Lipinski definition) is 1. The van der Waals surface area contributed by atoms with Gasteiger partial charge in [0.15, 0.2) is 0 Å². The van der Waals surface area contributed by atoms with E-state index >= 15 is 0 Å². The summed E-state index contributed by atoms with van der Waals surface area (Å²) in [6, 6.07) is 4.78. The normalized spacial score (nSPS) is 17.8. The molecule has 2 heteroatoms. The summed E-state index contributed by atoms with van der Waals surface area (Å²) in [4.78, 5) is 0. The summed E-state index contributed by atoms with van der Waals surface area (Å²) < 4.78 is 13.1. The number of aliphatic hydroxyl groups excluding tert-OH is 1. The highest BCUT2D eigenvalue weighted by Crippen LogP contribution is 2.35. The van der Waals surface area contributed by atoms with E-state index in [1.54, 1.807) is 0 Å². The fourth-order valence-electron chi connectivity index (χ4n) is 1.92. The fraction of sp³-hybridized carbons (Fsp3) is 0.538. The van der Waals surface area contributed by atoms with Gasteiger partial charge in [-0.2, -0.15) is 0 Å². The zero-order valence-corrected chi connectivity index (χ0v) is 9.04. The number of halogens is 1. The lowest BCUT2D eigenvalue weighted by Crippen LogP contribution is -1.99. The Morgan fingerprint density at radius 1 is 1.40 bits per heavy atom. The molecule has 1 aliphatic carbocycles. The van der Waals surface area contributed by atoms with Gasteiger partial charge in [-0.15, -0.1) is 0 Å². The summed E-state index contributed by atoms with van der Waals surface area (Å²) in [7, 11) is 0. The van der Waals surface area contributed by atoms with Crippen molar-refractivity contribution in [3.8, 4) is 0 Å². The summed E-state index contributed by atoms with van der Waals surface area (Å²) in [6.07, 6.45) is 3.92. The molecule has 0 spiro atoms. The fourth-order valence-corrected chi connectivity index (χ4v) is 1.92. The first-order valence-electron chi connectivity index (χ1n) is 5.60. The third-order valence-corrected chi connectivity index (χ3v) is 2.99. The minimum absolute atomic E-state index is 0.254. The highest BCUT2D eigenvalue weighted by Gasteiger charge is 2.22. The van der Waals surface area contributed by atoms with Crippen molar-refractivity contribution in [2.45, 2.75) is 38.7 Å². The Bertz CT molecular complexity index is 324. The van der Waals surface area contributed by atoms with Gasteiger partial charge in [0.1, 0.15) is 5.82 Å². The standard InChI is InChI=1S/C13H17FO/c1-9-6-11(8-12(14)7-9)13(15)5-4-10-2-3-10/h6-8,10,13,15H,2-5H2,1H3. The van der Waals surface area contributed by atoms with Gasteiger partial charge in [-0.25, -0.2) is 4.39 Å². The zero-order valence-electron chi connectivity index (χ0n) is 9.04. The molecule has 0 radical (unpaired) electrons. The van der Waals surface area contributed by atoms with Crippen molar-refractivity contribution >= 4 is 0 Å². The van der Waals surface area contributed by atoms with Crippen molar-refractivity contribution in [1.82, 2.24) is 0 Å². The van der Waals surface area contributed by atoms with E-state index in [4.69, 9.17) is 0 Å². The van der Waals surface area contributed by atoms with E-state index in [0.29, 0.717) is 5.56 Å². The van der Waals surface area contributed by atoms with Crippen molar-refractivity contribution in [1.29, 1.82) is 0 Å². The SMILES string of the molecule is Cc1cc(F)cc(C(O)CCC2CC2)c1. The second-order valence-corrected chi connectivity index (χ2v) is 4.60. The highest BCUT2D eigenvalue weighted by molar-refractivity contribution is 5.25. The average Bonchev–Trinajstić information content (AvgIpc) is 2.96. The van der Waals surface area contributed by atoms with Gasteiger partial charge in [0, 0.05) is 0 Å². The molecule has 0 heterocycles. The molecule has 1 aromatic rings. The molecule has 1 atom stereocenters. The van der Waals surface area contributed by atoms with Crippen molar-refractivity contribution < 1.29 is 9.50 Å². The molecule has 1 aliphatic rings. The van der Waals surface area contributed by atoms with E-state index in [9.17, 15) is 9.50 Å². The molecule has 82 valence electrons. The molecule has 1 N–H and O–H groups in total. The minimum Gasteiger partial charge on any atom is -0.388 e. The molecule has 1 saturated carbocycles. The van der Waals surface area contributed by atoms with Gasteiger partial charge < -0.3 is 5.11 Å². The Balaban J connectivity index is 1.99. The number of rotatable bonds is 4. The lowest BCUT2D eigenvalue weighted by Gasteiger charge is -2.11. The van der Waals surface area contributed by atoms with Crippen molar-refractivity contribution in [2.24, 2.45) is 5.92 Å². The molecule has 0 saturated heterocycles. The van der Waals surface area contributed by atoms with Gasteiger partial charge in [0.25, 0.3) is 0 Å². The third-order valence-electron chi connectivity index (χ3n) is 2.99. The van der Waals surface area contributed by atoms with Crippen LogP contribution in [0.2, 0.25) is 0 Å². The van der Waals surface area contributed by atoms with Crippen molar-refractivity contribution in [3.05, 3.63) is 35.1 Å². The summed E-state index contributed by atoms with van der Waals surface area (Å²) in [6.45, 7) is 1.85. The Morgan fingerprint density at radius 2 is 2.13 bits per heavy atom. The number of hydrogen-bond donors (Lipinski definition) is 1. The highest BCUT2D eigenvalue weighted by atomic mass is 19.1. The average molecular weight is 208 g/mol. The van der Waals surface area contributed by atoms with Crippen molar-refractivity contribution in [2.75, 3.05) is 0 Å². The molecule has 1 nitrogen and oxygen atoms in total. The van der Waals surface area contributed by atoms with E-state index in [-0.39, 0.29) is 5.82 Å². The molecule has 1 fully saturated rings. The zero-order chi connectivity index (χ0) is 10.8. The lowest BCUT2D eigenvalue weighted by atomic mass is 10.0. The first-order chi connectivity index (χ1) is 7.15. The Kier molecular flexibility index (Phi) is 3.06. The van der Waals surface area contributed by atoms with Crippen LogP contribution in [-0.4, -0.2) is 5.11 Å². The van der Waals surface area contributed by atoms with Crippen LogP contribution in [0.4, 0.5) is 4.39 Å². The van der Waals surface area contributed by atoms with Crippen LogP contribution < -0.4 is 0 Å². The molecule has 2 rings (SSSR count). The van der Waals surface area contributed by atoms with E-state index < -0.39 is 6.10 Å². The molecule has 1 unspecified atom stereocenters. The first kappa shape index (κ1) is 10.6. The number of aryl methyl sites for hydroxylation is 1. The lowest BCUT2D eigenvalue weighted by molar-refractivity contribution is 0.162. The van der Waals surface area contributed by atoms with Crippen LogP contribution in [0.3, 0.4) is 0 Å². The molecule has 0 aliphatic heterocycles. The van der Waals surface area contributed by atoms with Gasteiger partial charge in [0.05, 0.1) is 6.10 Å². The first-order valence-corrected chi connectivity index (χ1v) is 5.60. The molecular weight excluding hydrogens is 191 g/mol. The number of benzene rings is 1. The van der Waals surface area contributed by atoms with E-state index in [1.165, 1.54) is 25.0 Å². The van der Waals surface area contributed by atoms with E-state index in [1.807, 2.05) is 13.0 Å². The Hall–Kier alpha value is -0.890. The van der Waals surface area contributed by atoms with Crippen LogP contribution in [-0.2, 0) is 0 Å². The predicted molar refractivity (Wildman–Crippen MR) is 58.1 cm³/mol. The van der Waals surface area contributed by atoms with Crippen LogP contribution in [0.15, 0.2) is 18.2 Å². The van der Waals surface area contributed by atoms with Crippen LogP contribution >= 0.6 is 0 Å². The van der Waals surface area contributed by atoms with Gasteiger partial charge in [-0.3, -0.25) is 0 Å². The largest absolute Gasteiger partial charge is 0.388 e. The molecule has 0 aromatic heterocycles. The third kappa shape index (κ3) is 3.03. The molecule has 0 bridgehead atoms. The quantitative estimate of drug-likeness (QED) is 0.804. The van der Waals surface area contributed by atoms with Crippen LogP contribution in [0.5, 0.6) is 0 Å². The van der Waals surface area contributed by atoms with Crippen LogP contribution in [0, 0.1) is 18.7 Å². The summed E-state index contributed by atoms with van der Waals surface area (Å²) in [5, 5.41) is 9.88. The Morgan fingerprint density at radius 3 is 2.73 bits per heavy atom. The summed E-state index contributed by atoms with van der Waals surface area (Å²) >= 11 is 0. The van der Waals surface area contributed by atoms with Gasteiger partial charge in [0.2, 0.25) is 0 Å². The maximum Gasteiger partial charge on any atom is 0.123 e. The van der Waals surface area contributed by atoms with Crippen molar-refractivity contribution in [3.63, 3.8) is 0 Å². The summed E-state index contributed by atoms with van der Waals surface area (Å²) in [5.41, 5.74) is 1.59. The smallest absolute Gasteiger partial charge is 0.123 e. The number of aliphatic hydroxyl groups is 1. The van der Waals surface area contributed by atoms with Gasteiger partial charge >= 0.3 is 0 Å². The summed E-state index contributed by atoms with van der Waals surface area (Å²) in [5.74, 6) is 0.560. The predicted octanol–water partition coefficient (Wildman–Crippen LogP) is 3.36. The maximum atomic E-state index is 13.1. The van der Waals surface area contributed by atoms with E-state index in [0.717, 1.165) is 24.3 Å². The second kappa shape index (κ2) is 4.31. The van der Waals surface area contributed by atoms with Gasteiger partial charge in [-0.05, 0) is 48.9 Å². The van der Waals surface area contributed by atoms with Crippen LogP contribution in [0.25, 0.3) is 0 Å².